The molecule has 0 unspecified atom stereocenters. The van der Waals surface area contributed by atoms with Gasteiger partial charge in [-0.15, -0.1) is 0 Å². The minimum Gasteiger partial charge on any atom is -0.398 e. The lowest BCUT2D eigenvalue weighted by atomic mass is 10.1. The summed E-state index contributed by atoms with van der Waals surface area (Å²) in [5.41, 5.74) is 9.86. The molecule has 0 fully saturated rings. The number of hydrogen-bond donors (Lipinski definition) is 1. The Morgan fingerprint density at radius 1 is 0.941 bits per heavy atom. The van der Waals surface area contributed by atoms with E-state index in [0.717, 1.165) is 10.6 Å². The average molecular weight is 241 g/mol. The first-order valence-corrected chi connectivity index (χ1v) is 6.79. The van der Waals surface area contributed by atoms with Crippen molar-refractivity contribution in [3.05, 3.63) is 53.6 Å². The first kappa shape index (κ1) is 10.7. The van der Waals surface area contributed by atoms with Crippen molar-refractivity contribution in [3.8, 4) is 0 Å². The van der Waals surface area contributed by atoms with Crippen molar-refractivity contribution in [2.75, 3.05) is 5.73 Å². The number of hydrogen-bond acceptors (Lipinski definition) is 2. The molecule has 2 heteroatoms. The van der Waals surface area contributed by atoms with Crippen LogP contribution in [-0.2, 0) is 12.8 Å². The van der Waals surface area contributed by atoms with E-state index < -0.39 is 0 Å². The second-order valence-corrected chi connectivity index (χ2v) is 5.54. The van der Waals surface area contributed by atoms with Crippen LogP contribution in [0, 0.1) is 0 Å². The molecule has 0 saturated heterocycles. The highest BCUT2D eigenvalue weighted by Crippen LogP contribution is 2.34. The van der Waals surface area contributed by atoms with Crippen LogP contribution in [0.25, 0.3) is 0 Å². The van der Waals surface area contributed by atoms with E-state index in [0.29, 0.717) is 0 Å². The fourth-order valence-corrected chi connectivity index (χ4v) is 3.24. The molecular formula is C15H15NS. The van der Waals surface area contributed by atoms with Crippen molar-refractivity contribution in [2.45, 2.75) is 29.1 Å². The number of para-hydroxylation sites is 1. The molecular weight excluding hydrogens is 226 g/mol. The Labute approximate surface area is 106 Å². The van der Waals surface area contributed by atoms with Gasteiger partial charge in [-0.25, -0.2) is 0 Å². The van der Waals surface area contributed by atoms with Crippen LogP contribution >= 0.6 is 11.8 Å². The second kappa shape index (κ2) is 4.46. The summed E-state index contributed by atoms with van der Waals surface area (Å²) in [6.07, 6.45) is 3.78. The molecule has 0 bridgehead atoms. The summed E-state index contributed by atoms with van der Waals surface area (Å²) in [4.78, 5) is 2.44. The Morgan fingerprint density at radius 3 is 2.65 bits per heavy atom. The zero-order valence-corrected chi connectivity index (χ0v) is 10.5. The SMILES string of the molecule is Nc1ccccc1Sc1ccc2c(c1)CCC2. The third-order valence-corrected chi connectivity index (χ3v) is 4.30. The van der Waals surface area contributed by atoms with Crippen LogP contribution in [-0.4, -0.2) is 0 Å². The lowest BCUT2D eigenvalue weighted by molar-refractivity contribution is 0.911. The van der Waals surface area contributed by atoms with E-state index in [1.807, 2.05) is 18.2 Å². The number of anilines is 1. The predicted molar refractivity (Wildman–Crippen MR) is 73.4 cm³/mol. The fourth-order valence-electron chi connectivity index (χ4n) is 2.31. The maximum Gasteiger partial charge on any atom is 0.0455 e. The number of benzene rings is 2. The average Bonchev–Trinajstić information content (AvgIpc) is 2.79. The highest BCUT2D eigenvalue weighted by Gasteiger charge is 2.11. The Hall–Kier alpha value is -1.41. The van der Waals surface area contributed by atoms with Gasteiger partial charge in [0.2, 0.25) is 0 Å². The minimum atomic E-state index is 0.859. The Bertz CT molecular complexity index is 548. The molecule has 1 nitrogen and oxygen atoms in total. The standard InChI is InChI=1S/C15H15NS/c16-14-6-1-2-7-15(14)17-13-9-8-11-4-3-5-12(11)10-13/h1-2,6-10H,3-5,16H2. The first-order valence-electron chi connectivity index (χ1n) is 5.97. The van der Waals surface area contributed by atoms with Crippen molar-refractivity contribution >= 4 is 17.4 Å². The van der Waals surface area contributed by atoms with Crippen molar-refractivity contribution in [3.63, 3.8) is 0 Å². The molecule has 0 radical (unpaired) electrons. The van der Waals surface area contributed by atoms with Crippen molar-refractivity contribution in [1.29, 1.82) is 0 Å². The summed E-state index contributed by atoms with van der Waals surface area (Å²) in [5.74, 6) is 0. The van der Waals surface area contributed by atoms with Crippen LogP contribution in [0.2, 0.25) is 0 Å². The summed E-state index contributed by atoms with van der Waals surface area (Å²) < 4.78 is 0. The van der Waals surface area contributed by atoms with E-state index in [-0.39, 0.29) is 0 Å². The molecule has 0 heterocycles. The zero-order chi connectivity index (χ0) is 11.7. The molecule has 1 aliphatic rings. The van der Waals surface area contributed by atoms with Gasteiger partial charge in [-0.05, 0) is 54.7 Å². The van der Waals surface area contributed by atoms with E-state index in [1.54, 1.807) is 11.8 Å². The Balaban J connectivity index is 1.89. The van der Waals surface area contributed by atoms with E-state index in [1.165, 1.54) is 35.3 Å². The van der Waals surface area contributed by atoms with Crippen molar-refractivity contribution in [2.24, 2.45) is 0 Å². The molecule has 0 aromatic heterocycles. The highest BCUT2D eigenvalue weighted by atomic mass is 32.2. The number of nitrogen functional groups attached to an aromatic ring is 1. The first-order chi connectivity index (χ1) is 8.33. The molecule has 0 aliphatic heterocycles. The molecule has 2 aromatic carbocycles. The Morgan fingerprint density at radius 2 is 1.76 bits per heavy atom. The van der Waals surface area contributed by atoms with Gasteiger partial charge in [0.15, 0.2) is 0 Å². The zero-order valence-electron chi connectivity index (χ0n) is 9.65. The van der Waals surface area contributed by atoms with Crippen molar-refractivity contribution in [1.82, 2.24) is 0 Å². The summed E-state index contributed by atoms with van der Waals surface area (Å²) in [7, 11) is 0. The van der Waals surface area contributed by atoms with Gasteiger partial charge in [-0.1, -0.05) is 30.0 Å². The predicted octanol–water partition coefficient (Wildman–Crippen LogP) is 3.91. The molecule has 0 saturated carbocycles. The molecule has 0 amide bonds. The monoisotopic (exact) mass is 241 g/mol. The van der Waals surface area contributed by atoms with E-state index in [2.05, 4.69) is 24.3 Å². The minimum absolute atomic E-state index is 0.859. The van der Waals surface area contributed by atoms with Gasteiger partial charge in [0, 0.05) is 15.5 Å². The van der Waals surface area contributed by atoms with Gasteiger partial charge < -0.3 is 5.73 Å². The topological polar surface area (TPSA) is 26.0 Å². The molecule has 0 atom stereocenters. The van der Waals surface area contributed by atoms with E-state index >= 15 is 0 Å². The quantitative estimate of drug-likeness (QED) is 0.807. The van der Waals surface area contributed by atoms with Gasteiger partial charge in [0.1, 0.15) is 0 Å². The van der Waals surface area contributed by atoms with Crippen LogP contribution in [0.4, 0.5) is 5.69 Å². The summed E-state index contributed by atoms with van der Waals surface area (Å²) in [6, 6.07) is 14.8. The van der Waals surface area contributed by atoms with Crippen LogP contribution in [0.3, 0.4) is 0 Å². The lowest BCUT2D eigenvalue weighted by Crippen LogP contribution is -1.88. The molecule has 17 heavy (non-hydrogen) atoms. The maximum atomic E-state index is 5.96. The summed E-state index contributed by atoms with van der Waals surface area (Å²) in [6.45, 7) is 0. The molecule has 2 N–H and O–H groups in total. The summed E-state index contributed by atoms with van der Waals surface area (Å²) in [5, 5.41) is 0. The molecule has 1 aliphatic carbocycles. The second-order valence-electron chi connectivity index (χ2n) is 4.42. The van der Waals surface area contributed by atoms with Gasteiger partial charge in [-0.2, -0.15) is 0 Å². The largest absolute Gasteiger partial charge is 0.398 e. The van der Waals surface area contributed by atoms with Crippen LogP contribution in [0.1, 0.15) is 17.5 Å². The summed E-state index contributed by atoms with van der Waals surface area (Å²) >= 11 is 1.76. The normalized spacial score (nSPS) is 13.6. The van der Waals surface area contributed by atoms with E-state index in [9.17, 15) is 0 Å². The number of nitrogens with two attached hydrogens (primary N) is 1. The van der Waals surface area contributed by atoms with E-state index in [4.69, 9.17) is 5.73 Å². The van der Waals surface area contributed by atoms with Gasteiger partial charge in [-0.3, -0.25) is 0 Å². The third kappa shape index (κ3) is 2.18. The molecule has 3 rings (SSSR count). The number of rotatable bonds is 2. The molecule has 86 valence electrons. The lowest BCUT2D eigenvalue weighted by Gasteiger charge is -2.06. The maximum absolute atomic E-state index is 5.96. The van der Waals surface area contributed by atoms with Gasteiger partial charge >= 0.3 is 0 Å². The highest BCUT2D eigenvalue weighted by molar-refractivity contribution is 7.99. The molecule has 0 spiro atoms. The van der Waals surface area contributed by atoms with Crippen LogP contribution in [0.15, 0.2) is 52.3 Å². The Kier molecular flexibility index (Phi) is 2.81. The number of fused-ring (bicyclic) bond motifs is 1. The number of aryl methyl sites for hydroxylation is 2. The van der Waals surface area contributed by atoms with Crippen LogP contribution < -0.4 is 5.73 Å². The fraction of sp³-hybridized carbons (Fsp3) is 0.200. The van der Waals surface area contributed by atoms with Gasteiger partial charge in [0.05, 0.1) is 0 Å². The smallest absolute Gasteiger partial charge is 0.0455 e. The van der Waals surface area contributed by atoms with Gasteiger partial charge in [0.25, 0.3) is 0 Å². The van der Waals surface area contributed by atoms with Crippen LogP contribution in [0.5, 0.6) is 0 Å². The molecule has 2 aromatic rings. The third-order valence-electron chi connectivity index (χ3n) is 3.22. The van der Waals surface area contributed by atoms with Crippen molar-refractivity contribution < 1.29 is 0 Å².